The quantitative estimate of drug-likeness (QED) is 0.346. The minimum absolute atomic E-state index is 0.200. The summed E-state index contributed by atoms with van der Waals surface area (Å²) in [6.07, 6.45) is 8.18. The molecule has 158 valence electrons. The van der Waals surface area contributed by atoms with E-state index in [9.17, 15) is 9.90 Å². The minimum atomic E-state index is -0.586. The first-order chi connectivity index (χ1) is 14.4. The van der Waals surface area contributed by atoms with E-state index < -0.39 is 11.5 Å². The van der Waals surface area contributed by atoms with Crippen molar-refractivity contribution < 1.29 is 19.4 Å². The second-order valence-electron chi connectivity index (χ2n) is 7.70. The van der Waals surface area contributed by atoms with Crippen molar-refractivity contribution in [3.63, 3.8) is 0 Å². The van der Waals surface area contributed by atoms with E-state index in [2.05, 4.69) is 34.4 Å². The molecule has 0 aromatic heterocycles. The number of nitrogens with one attached hydrogen (secondary N) is 2. The highest BCUT2D eigenvalue weighted by atomic mass is 79.9. The molecule has 1 aromatic carbocycles. The van der Waals surface area contributed by atoms with Crippen LogP contribution < -0.4 is 14.8 Å². The second-order valence-corrected chi connectivity index (χ2v) is 8.56. The van der Waals surface area contributed by atoms with Gasteiger partial charge in [-0.3, -0.25) is 5.41 Å². The molecule has 3 atom stereocenters. The van der Waals surface area contributed by atoms with E-state index in [1.54, 1.807) is 29.2 Å². The lowest BCUT2D eigenvalue weighted by Gasteiger charge is -2.35. The summed E-state index contributed by atoms with van der Waals surface area (Å²) in [5.41, 5.74) is 1.42. The number of benzene rings is 1. The maximum atomic E-state index is 12.9. The van der Waals surface area contributed by atoms with E-state index in [-0.39, 0.29) is 18.2 Å². The van der Waals surface area contributed by atoms with E-state index in [4.69, 9.17) is 14.9 Å². The van der Waals surface area contributed by atoms with Gasteiger partial charge >= 0.3 is 6.03 Å². The fraction of sp³-hybridized carbons (Fsp3) is 0.364. The van der Waals surface area contributed by atoms with Crippen molar-refractivity contribution in [1.29, 1.82) is 5.41 Å². The Morgan fingerprint density at radius 3 is 2.97 bits per heavy atom. The van der Waals surface area contributed by atoms with Crippen LogP contribution in [0.3, 0.4) is 0 Å². The first-order valence-electron chi connectivity index (χ1n) is 9.79. The van der Waals surface area contributed by atoms with Crippen LogP contribution in [0, 0.1) is 5.41 Å². The smallest absolute Gasteiger partial charge is 0.318 e. The van der Waals surface area contributed by atoms with E-state index in [1.165, 1.54) is 0 Å². The van der Waals surface area contributed by atoms with Gasteiger partial charge in [0.15, 0.2) is 17.9 Å². The second kappa shape index (κ2) is 7.92. The molecule has 4 rings (SSSR count). The number of rotatable bonds is 5. The number of halogens is 1. The fourth-order valence-electron chi connectivity index (χ4n) is 4.58. The van der Waals surface area contributed by atoms with Gasteiger partial charge in [0.2, 0.25) is 0 Å². The predicted octanol–water partition coefficient (Wildman–Crippen LogP) is 3.41. The molecule has 0 bridgehead atoms. The highest BCUT2D eigenvalue weighted by Crippen LogP contribution is 2.57. The Balaban J connectivity index is 1.80. The number of urea groups is 1. The third-order valence-corrected chi connectivity index (χ3v) is 6.79. The van der Waals surface area contributed by atoms with Crippen LogP contribution in [0.4, 0.5) is 4.79 Å². The molecule has 0 radical (unpaired) electrons. The van der Waals surface area contributed by atoms with Gasteiger partial charge in [-0.2, -0.15) is 0 Å². The van der Waals surface area contributed by atoms with Crippen LogP contribution in [0.5, 0.6) is 11.5 Å². The first kappa shape index (κ1) is 20.7. The number of ether oxygens (including phenoxy) is 2. The summed E-state index contributed by atoms with van der Waals surface area (Å²) in [6, 6.07) is 1.25. The fourth-order valence-corrected chi connectivity index (χ4v) is 5.11. The van der Waals surface area contributed by atoms with E-state index >= 15 is 0 Å². The molecule has 2 aliphatic heterocycles. The number of aliphatic hydroxyl groups is 1. The summed E-state index contributed by atoms with van der Waals surface area (Å²) in [5.74, 6) is 1.03. The Labute approximate surface area is 183 Å². The van der Waals surface area contributed by atoms with Crippen LogP contribution >= 0.6 is 15.9 Å². The van der Waals surface area contributed by atoms with Gasteiger partial charge in [0, 0.05) is 29.5 Å². The van der Waals surface area contributed by atoms with Crippen molar-refractivity contribution in [2.75, 3.05) is 6.54 Å². The number of carbonyl (C=O) groups excluding carboxylic acids is 1. The average Bonchev–Trinajstić information content (AvgIpc) is 2.95. The van der Waals surface area contributed by atoms with Crippen LogP contribution in [0.25, 0.3) is 0 Å². The summed E-state index contributed by atoms with van der Waals surface area (Å²) in [6.45, 7) is 8.34. The van der Waals surface area contributed by atoms with Crippen molar-refractivity contribution in [2.24, 2.45) is 0 Å². The summed E-state index contributed by atoms with van der Waals surface area (Å²) in [7, 11) is 0. The van der Waals surface area contributed by atoms with Gasteiger partial charge in [0.25, 0.3) is 0 Å². The molecule has 2 amide bonds. The average molecular weight is 474 g/mol. The molecule has 1 aromatic rings. The molecule has 3 N–H and O–H groups in total. The van der Waals surface area contributed by atoms with Gasteiger partial charge < -0.3 is 24.8 Å². The molecule has 8 heteroatoms. The van der Waals surface area contributed by atoms with E-state index in [0.29, 0.717) is 37.4 Å². The Bertz CT molecular complexity index is 939. The van der Waals surface area contributed by atoms with Crippen LogP contribution in [0.1, 0.15) is 24.0 Å². The number of amides is 2. The van der Waals surface area contributed by atoms with Gasteiger partial charge in [-0.1, -0.05) is 40.2 Å². The van der Waals surface area contributed by atoms with Gasteiger partial charge in [-0.15, -0.1) is 13.2 Å². The molecule has 1 aliphatic carbocycles. The molecule has 2 unspecified atom stereocenters. The molecule has 0 saturated heterocycles. The van der Waals surface area contributed by atoms with Gasteiger partial charge in [0.05, 0.1) is 17.6 Å². The third kappa shape index (κ3) is 3.24. The monoisotopic (exact) mass is 473 g/mol. The first-order valence-corrected chi connectivity index (χ1v) is 10.6. The van der Waals surface area contributed by atoms with Gasteiger partial charge in [-0.05, 0) is 18.1 Å². The molecule has 7 nitrogen and oxygen atoms in total. The van der Waals surface area contributed by atoms with Crippen molar-refractivity contribution >= 4 is 28.4 Å². The summed E-state index contributed by atoms with van der Waals surface area (Å²) < 4.78 is 12.5. The lowest BCUT2D eigenvalue weighted by atomic mass is 9.69. The number of hydrogen-bond acceptors (Lipinski definition) is 5. The maximum absolute atomic E-state index is 12.9. The number of hydrogen-bond donors (Lipinski definition) is 3. The topological polar surface area (TPSA) is 94.9 Å². The zero-order valence-electron chi connectivity index (χ0n) is 16.4. The Hall–Kier alpha value is -2.58. The van der Waals surface area contributed by atoms with Gasteiger partial charge in [-0.25, -0.2) is 4.79 Å². The highest BCUT2D eigenvalue weighted by molar-refractivity contribution is 9.10. The number of nitrogens with zero attached hydrogens (tertiary/aromatic N) is 1. The van der Waals surface area contributed by atoms with E-state index in [0.717, 1.165) is 22.0 Å². The molecule has 2 heterocycles. The summed E-state index contributed by atoms with van der Waals surface area (Å²) in [5, 5.41) is 20.5. The van der Waals surface area contributed by atoms with Crippen LogP contribution in [-0.2, 0) is 12.0 Å². The molecular weight excluding hydrogens is 450 g/mol. The lowest BCUT2D eigenvalue weighted by molar-refractivity contribution is 0.0825. The van der Waals surface area contributed by atoms with Crippen molar-refractivity contribution in [2.45, 2.75) is 43.1 Å². The zero-order chi connectivity index (χ0) is 21.5. The highest BCUT2D eigenvalue weighted by Gasteiger charge is 2.53. The Morgan fingerprint density at radius 1 is 1.50 bits per heavy atom. The molecule has 0 saturated carbocycles. The third-order valence-electron chi connectivity index (χ3n) is 6.09. The lowest BCUT2D eigenvalue weighted by Crippen LogP contribution is -2.45. The van der Waals surface area contributed by atoms with Crippen molar-refractivity contribution in [1.82, 2.24) is 10.2 Å². The molecule has 0 fully saturated rings. The maximum Gasteiger partial charge on any atom is 0.318 e. The van der Waals surface area contributed by atoms with Crippen LogP contribution in [0.2, 0.25) is 0 Å². The van der Waals surface area contributed by atoms with Crippen LogP contribution in [0.15, 0.2) is 48.0 Å². The predicted molar refractivity (Wildman–Crippen MR) is 117 cm³/mol. The van der Waals surface area contributed by atoms with Crippen molar-refractivity contribution in [3.05, 3.63) is 59.1 Å². The number of aliphatic hydroxyl groups excluding tert-OH is 1. The van der Waals surface area contributed by atoms with Crippen LogP contribution in [-0.4, -0.2) is 47.2 Å². The molecule has 3 aliphatic rings. The molecule has 1 spiro atoms. The minimum Gasteiger partial charge on any atom is -0.485 e. The zero-order valence-corrected chi connectivity index (χ0v) is 18.0. The molecule has 30 heavy (non-hydrogen) atoms. The summed E-state index contributed by atoms with van der Waals surface area (Å²) >= 11 is 3.63. The Morgan fingerprint density at radius 2 is 2.27 bits per heavy atom. The number of carbonyl (C=O) groups is 1. The van der Waals surface area contributed by atoms with Gasteiger partial charge in [0.1, 0.15) is 6.10 Å². The largest absolute Gasteiger partial charge is 0.485 e. The van der Waals surface area contributed by atoms with E-state index in [1.807, 2.05) is 6.08 Å². The SMILES string of the molecule is C=CC(C=C)NC(=O)N1CCC23C=C[C@H](O)CC2Oc2c(OC=N)cc(Br)c(c23)C1. The standard InChI is InChI=1S/C22H24BrN3O4/c1-3-13(4-2)25-21(28)26-8-7-22-6-5-14(27)9-18(22)30-20-17(29-12-24)10-16(23)15(11-26)19(20)22/h3-6,10,12-14,18,24,27H,1-2,7-9,11H2,(H,25,28)/t14-,18?,22?/m0/s1. The molecular formula is C22H24BrN3O4. The van der Waals surface area contributed by atoms with Crippen molar-refractivity contribution in [3.8, 4) is 11.5 Å². The normalized spacial score (nSPS) is 26.2. The Kier molecular flexibility index (Phi) is 5.46. The summed E-state index contributed by atoms with van der Waals surface area (Å²) in [4.78, 5) is 14.7.